The molecule has 1 aliphatic rings. The Hall–Kier alpha value is -0.860. The summed E-state index contributed by atoms with van der Waals surface area (Å²) in [5.74, 6) is 0.0244. The average molecular weight is 156 g/mol. The molecule has 0 aromatic heterocycles. The highest BCUT2D eigenvalue weighted by molar-refractivity contribution is 5.87. The first-order chi connectivity index (χ1) is 5.06. The number of carbonyl (C=O) groups is 2. The summed E-state index contributed by atoms with van der Waals surface area (Å²) in [6, 6.07) is 0. The normalized spacial score (nSPS) is 20.7. The zero-order chi connectivity index (χ0) is 8.48. The lowest BCUT2D eigenvalue weighted by Crippen LogP contribution is -2.36. The van der Waals surface area contributed by atoms with E-state index in [1.807, 2.05) is 6.92 Å². The Kier molecular flexibility index (Phi) is 1.98. The summed E-state index contributed by atoms with van der Waals surface area (Å²) in [7, 11) is 1.37. The molecule has 0 radical (unpaired) electrons. The molecule has 62 valence electrons. The van der Waals surface area contributed by atoms with Gasteiger partial charge in [-0.2, -0.15) is 0 Å². The first-order valence-corrected chi connectivity index (χ1v) is 3.64. The van der Waals surface area contributed by atoms with E-state index < -0.39 is 0 Å². The van der Waals surface area contributed by atoms with Crippen molar-refractivity contribution in [3.63, 3.8) is 0 Å². The molecule has 3 heteroatoms. The molecule has 0 atom stereocenters. The fourth-order valence-corrected chi connectivity index (χ4v) is 1.45. The van der Waals surface area contributed by atoms with Gasteiger partial charge in [0.25, 0.3) is 0 Å². The van der Waals surface area contributed by atoms with Crippen molar-refractivity contribution >= 4 is 11.8 Å². The molecular weight excluding hydrogens is 144 g/mol. The zero-order valence-electron chi connectivity index (χ0n) is 6.85. The number of hydrogen-bond donors (Lipinski definition) is 0. The van der Waals surface area contributed by atoms with E-state index in [2.05, 4.69) is 4.74 Å². The predicted molar refractivity (Wildman–Crippen MR) is 39.0 cm³/mol. The molecule has 1 rings (SSSR count). The Morgan fingerprint density at radius 2 is 2.18 bits per heavy atom. The summed E-state index contributed by atoms with van der Waals surface area (Å²) in [5.41, 5.74) is -0.107. The van der Waals surface area contributed by atoms with Crippen LogP contribution >= 0.6 is 0 Å². The minimum atomic E-state index is -0.222. The van der Waals surface area contributed by atoms with E-state index in [0.717, 1.165) is 0 Å². The molecule has 3 nitrogen and oxygen atoms in total. The number of ketones is 1. The monoisotopic (exact) mass is 156 g/mol. The molecular formula is C8H12O3. The van der Waals surface area contributed by atoms with E-state index in [1.54, 1.807) is 0 Å². The van der Waals surface area contributed by atoms with Crippen LogP contribution in [-0.2, 0) is 14.3 Å². The van der Waals surface area contributed by atoms with Crippen molar-refractivity contribution in [1.29, 1.82) is 0 Å². The minimum absolute atomic E-state index is 0.107. The molecule has 0 unspecified atom stereocenters. The maximum atomic E-state index is 10.8. The van der Waals surface area contributed by atoms with Crippen LogP contribution in [-0.4, -0.2) is 18.9 Å². The largest absolute Gasteiger partial charge is 0.469 e. The van der Waals surface area contributed by atoms with E-state index in [0.29, 0.717) is 19.3 Å². The highest BCUT2D eigenvalue weighted by Crippen LogP contribution is 2.40. The third-order valence-electron chi connectivity index (χ3n) is 2.05. The van der Waals surface area contributed by atoms with Crippen molar-refractivity contribution in [2.45, 2.75) is 26.2 Å². The number of Topliss-reactive ketones (excluding diaryl/α,β-unsaturated/α-hetero) is 1. The zero-order valence-corrected chi connectivity index (χ0v) is 6.85. The lowest BCUT2D eigenvalue weighted by atomic mass is 9.67. The molecule has 1 fully saturated rings. The van der Waals surface area contributed by atoms with Crippen molar-refractivity contribution in [3.05, 3.63) is 0 Å². The standard InChI is InChI=1S/C8H12O3/c1-8(3-6(9)4-8)5-7(10)11-2/h3-5H2,1-2H3. The van der Waals surface area contributed by atoms with Crippen LogP contribution in [0.25, 0.3) is 0 Å². The van der Waals surface area contributed by atoms with E-state index >= 15 is 0 Å². The molecule has 0 aromatic rings. The third kappa shape index (κ3) is 1.79. The Bertz CT molecular complexity index is 188. The Labute approximate surface area is 65.7 Å². The Balaban J connectivity index is 2.37. The number of esters is 1. The highest BCUT2D eigenvalue weighted by Gasteiger charge is 2.40. The lowest BCUT2D eigenvalue weighted by Gasteiger charge is -2.35. The van der Waals surface area contributed by atoms with Gasteiger partial charge in [0.05, 0.1) is 13.5 Å². The van der Waals surface area contributed by atoms with Crippen molar-refractivity contribution in [3.8, 4) is 0 Å². The molecule has 0 heterocycles. The number of hydrogen-bond acceptors (Lipinski definition) is 3. The fourth-order valence-electron chi connectivity index (χ4n) is 1.45. The van der Waals surface area contributed by atoms with Crippen molar-refractivity contribution in [2.24, 2.45) is 5.41 Å². The van der Waals surface area contributed by atoms with Gasteiger partial charge in [-0.1, -0.05) is 6.92 Å². The fraction of sp³-hybridized carbons (Fsp3) is 0.750. The van der Waals surface area contributed by atoms with E-state index in [-0.39, 0.29) is 17.2 Å². The molecule has 11 heavy (non-hydrogen) atoms. The summed E-state index contributed by atoms with van der Waals surface area (Å²) in [6.07, 6.45) is 1.43. The topological polar surface area (TPSA) is 43.4 Å². The van der Waals surface area contributed by atoms with Crippen LogP contribution in [0.5, 0.6) is 0 Å². The molecule has 0 N–H and O–H groups in total. The second-order valence-corrected chi connectivity index (χ2v) is 3.46. The van der Waals surface area contributed by atoms with Gasteiger partial charge in [0, 0.05) is 12.8 Å². The maximum Gasteiger partial charge on any atom is 0.306 e. The molecule has 0 amide bonds. The summed E-state index contributed by atoms with van der Waals surface area (Å²) < 4.78 is 4.51. The van der Waals surface area contributed by atoms with E-state index in [1.165, 1.54) is 7.11 Å². The van der Waals surface area contributed by atoms with Gasteiger partial charge in [0.1, 0.15) is 5.78 Å². The summed E-state index contributed by atoms with van der Waals surface area (Å²) in [5, 5.41) is 0. The molecule has 0 saturated heterocycles. The van der Waals surface area contributed by atoms with Crippen LogP contribution in [0.15, 0.2) is 0 Å². The second kappa shape index (κ2) is 2.64. The van der Waals surface area contributed by atoms with Crippen LogP contribution in [0, 0.1) is 5.41 Å². The van der Waals surface area contributed by atoms with Crippen LogP contribution < -0.4 is 0 Å². The van der Waals surface area contributed by atoms with Gasteiger partial charge in [-0.25, -0.2) is 0 Å². The summed E-state index contributed by atoms with van der Waals surface area (Å²) >= 11 is 0. The van der Waals surface area contributed by atoms with Crippen molar-refractivity contribution in [1.82, 2.24) is 0 Å². The number of ether oxygens (including phenoxy) is 1. The Morgan fingerprint density at radius 1 is 1.64 bits per heavy atom. The summed E-state index contributed by atoms with van der Waals surface area (Å²) in [4.78, 5) is 21.4. The Morgan fingerprint density at radius 3 is 2.55 bits per heavy atom. The van der Waals surface area contributed by atoms with Gasteiger partial charge in [-0.15, -0.1) is 0 Å². The van der Waals surface area contributed by atoms with E-state index in [4.69, 9.17) is 0 Å². The van der Waals surface area contributed by atoms with Crippen LogP contribution in [0.1, 0.15) is 26.2 Å². The first-order valence-electron chi connectivity index (χ1n) is 3.64. The first kappa shape index (κ1) is 8.24. The third-order valence-corrected chi connectivity index (χ3v) is 2.05. The summed E-state index contributed by atoms with van der Waals surface area (Å²) in [6.45, 7) is 1.94. The van der Waals surface area contributed by atoms with Gasteiger partial charge in [-0.05, 0) is 5.41 Å². The molecule has 1 saturated carbocycles. The SMILES string of the molecule is COC(=O)CC1(C)CC(=O)C1. The second-order valence-electron chi connectivity index (χ2n) is 3.46. The van der Waals surface area contributed by atoms with Gasteiger partial charge in [-0.3, -0.25) is 9.59 Å². The molecule has 0 aliphatic heterocycles. The predicted octanol–water partition coefficient (Wildman–Crippen LogP) is 0.919. The molecule has 0 bridgehead atoms. The number of carbonyl (C=O) groups excluding carboxylic acids is 2. The van der Waals surface area contributed by atoms with Crippen LogP contribution in [0.4, 0.5) is 0 Å². The maximum absolute atomic E-state index is 10.8. The van der Waals surface area contributed by atoms with Gasteiger partial charge in [0.2, 0.25) is 0 Å². The lowest BCUT2D eigenvalue weighted by molar-refractivity contribution is -0.147. The molecule has 0 spiro atoms. The smallest absolute Gasteiger partial charge is 0.306 e. The minimum Gasteiger partial charge on any atom is -0.469 e. The molecule has 1 aliphatic carbocycles. The highest BCUT2D eigenvalue weighted by atomic mass is 16.5. The van der Waals surface area contributed by atoms with Crippen molar-refractivity contribution < 1.29 is 14.3 Å². The van der Waals surface area contributed by atoms with Gasteiger partial charge < -0.3 is 4.74 Å². The van der Waals surface area contributed by atoms with E-state index in [9.17, 15) is 9.59 Å². The number of methoxy groups -OCH3 is 1. The van der Waals surface area contributed by atoms with Crippen molar-refractivity contribution in [2.75, 3.05) is 7.11 Å². The average Bonchev–Trinajstić information content (AvgIpc) is 1.84. The van der Waals surface area contributed by atoms with Gasteiger partial charge >= 0.3 is 5.97 Å². The van der Waals surface area contributed by atoms with Crippen LogP contribution in [0.2, 0.25) is 0 Å². The van der Waals surface area contributed by atoms with Gasteiger partial charge in [0.15, 0.2) is 0 Å². The quantitative estimate of drug-likeness (QED) is 0.558. The molecule has 0 aromatic carbocycles. The van der Waals surface area contributed by atoms with Crippen LogP contribution in [0.3, 0.4) is 0 Å². The number of rotatable bonds is 2.